The van der Waals surface area contributed by atoms with Gasteiger partial charge in [0.25, 0.3) is 0 Å². The Labute approximate surface area is 129 Å². The van der Waals surface area contributed by atoms with Gasteiger partial charge in [-0.1, -0.05) is 35.9 Å². The van der Waals surface area contributed by atoms with Gasteiger partial charge >= 0.3 is 0 Å². The standard InChI is InChI=1S/C18H14ClN2/c1-12-3-4-15(9-13(12)2)18-17(10-20-11-21-18)14-5-7-16(19)8-6-14/h3-10H,1-2H3. The summed E-state index contributed by atoms with van der Waals surface area (Å²) in [5.74, 6) is 0. The van der Waals surface area contributed by atoms with Crippen molar-refractivity contribution < 1.29 is 0 Å². The number of aryl methyl sites for hydroxylation is 2. The van der Waals surface area contributed by atoms with Crippen molar-refractivity contribution in [1.82, 2.24) is 9.97 Å². The van der Waals surface area contributed by atoms with E-state index in [1.165, 1.54) is 11.1 Å². The van der Waals surface area contributed by atoms with Crippen LogP contribution in [0.15, 0.2) is 48.7 Å². The number of hydrogen-bond donors (Lipinski definition) is 0. The van der Waals surface area contributed by atoms with Crippen LogP contribution in [0.3, 0.4) is 0 Å². The highest BCUT2D eigenvalue weighted by Gasteiger charge is 2.10. The number of hydrogen-bond acceptors (Lipinski definition) is 2. The van der Waals surface area contributed by atoms with Crippen LogP contribution in [0, 0.1) is 20.2 Å². The van der Waals surface area contributed by atoms with Gasteiger partial charge in [0, 0.05) is 22.3 Å². The lowest BCUT2D eigenvalue weighted by molar-refractivity contribution is 1.15. The van der Waals surface area contributed by atoms with Crippen molar-refractivity contribution in [3.63, 3.8) is 0 Å². The summed E-state index contributed by atoms with van der Waals surface area (Å²) < 4.78 is 0. The number of rotatable bonds is 2. The highest BCUT2D eigenvalue weighted by atomic mass is 35.5. The zero-order chi connectivity index (χ0) is 14.8. The molecular weight excluding hydrogens is 280 g/mol. The van der Waals surface area contributed by atoms with Gasteiger partial charge in [-0.3, -0.25) is 0 Å². The maximum atomic E-state index is 5.96. The van der Waals surface area contributed by atoms with Crippen molar-refractivity contribution in [2.75, 3.05) is 0 Å². The number of benzene rings is 2. The Hall–Kier alpha value is -2.19. The zero-order valence-corrected chi connectivity index (χ0v) is 12.6. The molecule has 0 atom stereocenters. The van der Waals surface area contributed by atoms with Gasteiger partial charge < -0.3 is 0 Å². The minimum Gasteiger partial charge on any atom is -0.233 e. The Kier molecular flexibility index (Phi) is 3.72. The lowest BCUT2D eigenvalue weighted by Gasteiger charge is -2.10. The van der Waals surface area contributed by atoms with E-state index < -0.39 is 0 Å². The molecular formula is C18H14ClN2. The molecule has 1 aromatic heterocycles. The maximum absolute atomic E-state index is 5.96. The van der Waals surface area contributed by atoms with Gasteiger partial charge in [0.05, 0.1) is 5.69 Å². The summed E-state index contributed by atoms with van der Waals surface area (Å²) in [6, 6.07) is 14.0. The number of halogens is 1. The second-order valence-electron chi connectivity index (χ2n) is 5.04. The van der Waals surface area contributed by atoms with Crippen LogP contribution in [-0.2, 0) is 0 Å². The molecule has 103 valence electrons. The van der Waals surface area contributed by atoms with Crippen LogP contribution in [0.5, 0.6) is 0 Å². The fraction of sp³-hybridized carbons (Fsp3) is 0.111. The molecule has 0 fully saturated rings. The van der Waals surface area contributed by atoms with Crippen molar-refractivity contribution in [3.8, 4) is 22.4 Å². The Bertz CT molecular complexity index is 779. The fourth-order valence-corrected chi connectivity index (χ4v) is 2.37. The molecule has 0 bridgehead atoms. The second kappa shape index (κ2) is 5.66. The van der Waals surface area contributed by atoms with Crippen molar-refractivity contribution >= 4 is 11.6 Å². The number of aromatic nitrogens is 2. The van der Waals surface area contributed by atoms with Gasteiger partial charge in [0.15, 0.2) is 6.33 Å². The predicted octanol–water partition coefficient (Wildman–Crippen LogP) is 4.88. The van der Waals surface area contributed by atoms with E-state index in [4.69, 9.17) is 11.6 Å². The Morgan fingerprint density at radius 2 is 1.62 bits per heavy atom. The van der Waals surface area contributed by atoms with Crippen molar-refractivity contribution in [1.29, 1.82) is 0 Å². The summed E-state index contributed by atoms with van der Waals surface area (Å²) in [5, 5.41) is 0.717. The molecule has 0 saturated carbocycles. The van der Waals surface area contributed by atoms with E-state index in [1.807, 2.05) is 24.3 Å². The van der Waals surface area contributed by atoms with E-state index in [1.54, 1.807) is 6.20 Å². The first-order chi connectivity index (χ1) is 10.1. The van der Waals surface area contributed by atoms with Crippen LogP contribution in [0.4, 0.5) is 0 Å². The third-order valence-electron chi connectivity index (χ3n) is 3.60. The molecule has 3 aromatic rings. The minimum absolute atomic E-state index is 0.717. The molecule has 1 radical (unpaired) electrons. The molecule has 0 aliphatic heterocycles. The Morgan fingerprint density at radius 1 is 0.905 bits per heavy atom. The third-order valence-corrected chi connectivity index (χ3v) is 3.86. The predicted molar refractivity (Wildman–Crippen MR) is 86.2 cm³/mol. The van der Waals surface area contributed by atoms with E-state index in [-0.39, 0.29) is 0 Å². The summed E-state index contributed by atoms with van der Waals surface area (Å²) in [6.45, 7) is 4.21. The highest BCUT2D eigenvalue weighted by Crippen LogP contribution is 2.30. The molecule has 1 heterocycles. The first-order valence-corrected chi connectivity index (χ1v) is 7.09. The van der Waals surface area contributed by atoms with E-state index in [2.05, 4.69) is 48.3 Å². The first-order valence-electron chi connectivity index (χ1n) is 6.72. The van der Waals surface area contributed by atoms with E-state index in [0.717, 1.165) is 27.4 Å². The monoisotopic (exact) mass is 293 g/mol. The lowest BCUT2D eigenvalue weighted by Crippen LogP contribution is -1.92. The summed E-state index contributed by atoms with van der Waals surface area (Å²) in [6.07, 6.45) is 4.48. The Balaban J connectivity index is 2.15. The first kappa shape index (κ1) is 13.8. The quantitative estimate of drug-likeness (QED) is 0.673. The zero-order valence-electron chi connectivity index (χ0n) is 11.9. The van der Waals surface area contributed by atoms with Crippen LogP contribution in [-0.4, -0.2) is 9.97 Å². The van der Waals surface area contributed by atoms with Crippen LogP contribution in [0.1, 0.15) is 11.1 Å². The molecule has 0 spiro atoms. The van der Waals surface area contributed by atoms with Gasteiger partial charge in [-0.05, 0) is 48.7 Å². The molecule has 0 saturated heterocycles. The molecule has 0 amide bonds. The smallest absolute Gasteiger partial charge is 0.198 e. The van der Waals surface area contributed by atoms with Crippen LogP contribution >= 0.6 is 11.6 Å². The van der Waals surface area contributed by atoms with Crippen LogP contribution < -0.4 is 0 Å². The number of nitrogens with zero attached hydrogens (tertiary/aromatic N) is 2. The fourth-order valence-electron chi connectivity index (χ4n) is 2.24. The van der Waals surface area contributed by atoms with E-state index in [0.29, 0.717) is 0 Å². The van der Waals surface area contributed by atoms with E-state index in [9.17, 15) is 0 Å². The van der Waals surface area contributed by atoms with Gasteiger partial charge in [-0.2, -0.15) is 0 Å². The maximum Gasteiger partial charge on any atom is 0.198 e. The average molecular weight is 294 g/mol. The molecule has 21 heavy (non-hydrogen) atoms. The topological polar surface area (TPSA) is 25.8 Å². The summed E-state index contributed by atoms with van der Waals surface area (Å²) in [4.78, 5) is 8.39. The molecule has 0 aliphatic carbocycles. The second-order valence-corrected chi connectivity index (χ2v) is 5.47. The molecule has 0 aliphatic rings. The van der Waals surface area contributed by atoms with Gasteiger partial charge in [-0.25, -0.2) is 9.97 Å². The SMILES string of the molecule is Cc1ccc(-c2n[c]ncc2-c2ccc(Cl)cc2)cc1C. The van der Waals surface area contributed by atoms with Crippen molar-refractivity contribution in [2.45, 2.75) is 13.8 Å². The molecule has 3 heteroatoms. The molecule has 2 nitrogen and oxygen atoms in total. The average Bonchev–Trinajstić information content (AvgIpc) is 2.51. The Morgan fingerprint density at radius 3 is 2.33 bits per heavy atom. The van der Waals surface area contributed by atoms with Crippen LogP contribution in [0.2, 0.25) is 5.02 Å². The summed E-state index contributed by atoms with van der Waals surface area (Å²) >= 11 is 5.96. The molecule has 0 N–H and O–H groups in total. The lowest BCUT2D eigenvalue weighted by atomic mass is 9.98. The van der Waals surface area contributed by atoms with Crippen molar-refractivity contribution in [2.24, 2.45) is 0 Å². The van der Waals surface area contributed by atoms with Gasteiger partial charge in [-0.15, -0.1) is 0 Å². The largest absolute Gasteiger partial charge is 0.233 e. The third kappa shape index (κ3) is 2.81. The van der Waals surface area contributed by atoms with Gasteiger partial charge in [0.2, 0.25) is 0 Å². The molecule has 3 rings (SSSR count). The van der Waals surface area contributed by atoms with Crippen LogP contribution in [0.25, 0.3) is 22.4 Å². The normalized spacial score (nSPS) is 10.6. The highest BCUT2D eigenvalue weighted by molar-refractivity contribution is 6.30. The minimum atomic E-state index is 0.717. The molecule has 0 unspecified atom stereocenters. The summed E-state index contributed by atoms with van der Waals surface area (Å²) in [7, 11) is 0. The van der Waals surface area contributed by atoms with Gasteiger partial charge in [0.1, 0.15) is 0 Å². The van der Waals surface area contributed by atoms with E-state index >= 15 is 0 Å². The summed E-state index contributed by atoms with van der Waals surface area (Å²) in [5.41, 5.74) is 6.49. The molecule has 2 aromatic carbocycles. The van der Waals surface area contributed by atoms with Crippen molar-refractivity contribution in [3.05, 3.63) is 71.1 Å².